The van der Waals surface area contributed by atoms with Gasteiger partial charge < -0.3 is 10.7 Å². The summed E-state index contributed by atoms with van der Waals surface area (Å²) in [4.78, 5) is 7.10. The molecule has 6 nitrogen and oxygen atoms in total. The second-order valence-corrected chi connectivity index (χ2v) is 5.88. The van der Waals surface area contributed by atoms with Gasteiger partial charge in [0.05, 0.1) is 10.9 Å². The summed E-state index contributed by atoms with van der Waals surface area (Å²) >= 11 is 0. The van der Waals surface area contributed by atoms with Crippen LogP contribution in [0.5, 0.6) is 0 Å². The predicted molar refractivity (Wildman–Crippen MR) is 71.7 cm³/mol. The van der Waals surface area contributed by atoms with E-state index in [-0.39, 0.29) is 4.90 Å². The highest BCUT2D eigenvalue weighted by Gasteiger charge is 2.19. The summed E-state index contributed by atoms with van der Waals surface area (Å²) in [5.41, 5.74) is 6.28. The molecule has 0 aliphatic rings. The Kier molecular flexibility index (Phi) is 3.98. The van der Waals surface area contributed by atoms with Crippen LogP contribution in [0, 0.1) is 0 Å². The molecule has 102 valence electrons. The lowest BCUT2D eigenvalue weighted by Gasteiger charge is -2.12. The lowest BCUT2D eigenvalue weighted by molar-refractivity contribution is 0.561. The molecule has 0 saturated carbocycles. The Hall–Kier alpha value is -1.70. The Morgan fingerprint density at radius 1 is 1.47 bits per heavy atom. The van der Waals surface area contributed by atoms with Crippen molar-refractivity contribution in [1.29, 1.82) is 0 Å². The highest BCUT2D eigenvalue weighted by atomic mass is 32.2. The van der Waals surface area contributed by atoms with Crippen LogP contribution in [-0.4, -0.2) is 18.4 Å². The Morgan fingerprint density at radius 2 is 2.26 bits per heavy atom. The van der Waals surface area contributed by atoms with Gasteiger partial charge in [-0.2, -0.15) is 0 Å². The first-order valence-corrected chi connectivity index (χ1v) is 7.32. The van der Waals surface area contributed by atoms with E-state index in [4.69, 9.17) is 5.73 Å². The monoisotopic (exact) mass is 280 g/mol. The second kappa shape index (κ2) is 5.52. The highest BCUT2D eigenvalue weighted by molar-refractivity contribution is 7.89. The lowest BCUT2D eigenvalue weighted by atomic mass is 10.2. The van der Waals surface area contributed by atoms with Crippen molar-refractivity contribution in [2.75, 3.05) is 0 Å². The maximum atomic E-state index is 12.2. The molecule has 1 heterocycles. The fourth-order valence-corrected chi connectivity index (χ4v) is 2.99. The molecule has 1 aromatic heterocycles. The van der Waals surface area contributed by atoms with Crippen LogP contribution in [0.15, 0.2) is 41.6 Å². The summed E-state index contributed by atoms with van der Waals surface area (Å²) < 4.78 is 27.0. The van der Waals surface area contributed by atoms with E-state index in [2.05, 4.69) is 14.7 Å². The molecule has 2 aromatic rings. The molecular weight excluding hydrogens is 264 g/mol. The smallest absolute Gasteiger partial charge is 0.241 e. The van der Waals surface area contributed by atoms with Gasteiger partial charge in [-0.1, -0.05) is 12.1 Å². The summed E-state index contributed by atoms with van der Waals surface area (Å²) in [7, 11) is -3.58. The standard InChI is InChI=1S/C12H16N4O2S/c1-9(12-14-5-6-15-12)16-19(17,18)11-4-2-3-10(7-11)8-13/h2-7,9,16H,8,13H2,1H3,(H,14,15). The average Bonchev–Trinajstić information content (AvgIpc) is 2.92. The molecular formula is C12H16N4O2S. The number of aromatic nitrogens is 2. The fourth-order valence-electron chi connectivity index (χ4n) is 1.71. The van der Waals surface area contributed by atoms with Crippen LogP contribution < -0.4 is 10.5 Å². The molecule has 1 unspecified atom stereocenters. The number of rotatable bonds is 5. The highest BCUT2D eigenvalue weighted by Crippen LogP contribution is 2.15. The van der Waals surface area contributed by atoms with Crippen LogP contribution in [0.25, 0.3) is 0 Å². The van der Waals surface area contributed by atoms with Crippen molar-refractivity contribution in [2.24, 2.45) is 5.73 Å². The van der Waals surface area contributed by atoms with E-state index in [1.54, 1.807) is 37.5 Å². The van der Waals surface area contributed by atoms with Gasteiger partial charge in [0.15, 0.2) is 0 Å². The van der Waals surface area contributed by atoms with Gasteiger partial charge in [-0.15, -0.1) is 0 Å². The van der Waals surface area contributed by atoms with Gasteiger partial charge in [-0.3, -0.25) is 0 Å². The molecule has 4 N–H and O–H groups in total. The normalized spacial score (nSPS) is 13.4. The molecule has 2 rings (SSSR count). The number of nitrogens with one attached hydrogen (secondary N) is 2. The molecule has 0 bridgehead atoms. The van der Waals surface area contributed by atoms with E-state index in [0.717, 1.165) is 5.56 Å². The molecule has 0 amide bonds. The first-order valence-electron chi connectivity index (χ1n) is 5.83. The second-order valence-electron chi connectivity index (χ2n) is 4.17. The molecule has 0 fully saturated rings. The number of hydrogen-bond donors (Lipinski definition) is 3. The minimum absolute atomic E-state index is 0.203. The summed E-state index contributed by atoms with van der Waals surface area (Å²) in [5.74, 6) is 0.568. The van der Waals surface area contributed by atoms with Gasteiger partial charge in [0.1, 0.15) is 5.82 Å². The van der Waals surface area contributed by atoms with Crippen molar-refractivity contribution in [3.63, 3.8) is 0 Å². The summed E-state index contributed by atoms with van der Waals surface area (Å²) in [5, 5.41) is 0. The van der Waals surface area contributed by atoms with E-state index in [0.29, 0.717) is 12.4 Å². The van der Waals surface area contributed by atoms with Crippen LogP contribution in [0.2, 0.25) is 0 Å². The number of sulfonamides is 1. The molecule has 0 spiro atoms. The minimum Gasteiger partial charge on any atom is -0.347 e. The third-order valence-corrected chi connectivity index (χ3v) is 4.24. The van der Waals surface area contributed by atoms with Gasteiger partial charge in [0.25, 0.3) is 0 Å². The molecule has 0 radical (unpaired) electrons. The summed E-state index contributed by atoms with van der Waals surface area (Å²) in [6, 6.07) is 6.14. The SMILES string of the molecule is CC(NS(=O)(=O)c1cccc(CN)c1)c1ncc[nH]1. The van der Waals surface area contributed by atoms with Crippen LogP contribution in [-0.2, 0) is 16.6 Å². The number of H-pyrrole nitrogens is 1. The van der Waals surface area contributed by atoms with Crippen LogP contribution in [0.3, 0.4) is 0 Å². The van der Waals surface area contributed by atoms with Gasteiger partial charge in [-0.05, 0) is 24.6 Å². The largest absolute Gasteiger partial charge is 0.347 e. The number of imidazole rings is 1. The van der Waals surface area contributed by atoms with Crippen molar-refractivity contribution in [3.05, 3.63) is 48.0 Å². The van der Waals surface area contributed by atoms with E-state index in [1.165, 1.54) is 6.07 Å². The zero-order chi connectivity index (χ0) is 13.9. The van der Waals surface area contributed by atoms with Gasteiger partial charge in [0.2, 0.25) is 10.0 Å². The molecule has 1 atom stereocenters. The van der Waals surface area contributed by atoms with Crippen LogP contribution in [0.4, 0.5) is 0 Å². The average molecular weight is 280 g/mol. The first kappa shape index (κ1) is 13.7. The van der Waals surface area contributed by atoms with Gasteiger partial charge in [-0.25, -0.2) is 18.1 Å². The lowest BCUT2D eigenvalue weighted by Crippen LogP contribution is -2.27. The van der Waals surface area contributed by atoms with Crippen molar-refractivity contribution in [3.8, 4) is 0 Å². The molecule has 0 saturated heterocycles. The minimum atomic E-state index is -3.58. The summed E-state index contributed by atoms with van der Waals surface area (Å²) in [6.45, 7) is 2.03. The Morgan fingerprint density at radius 3 is 2.89 bits per heavy atom. The maximum Gasteiger partial charge on any atom is 0.241 e. The quantitative estimate of drug-likeness (QED) is 0.757. The van der Waals surface area contributed by atoms with Crippen molar-refractivity contribution < 1.29 is 8.42 Å². The molecule has 0 aliphatic carbocycles. The van der Waals surface area contributed by atoms with E-state index >= 15 is 0 Å². The Bertz CT molecular complexity index is 638. The predicted octanol–water partition coefficient (Wildman–Crippen LogP) is 0.908. The maximum absolute atomic E-state index is 12.2. The van der Waals surface area contributed by atoms with Crippen LogP contribution >= 0.6 is 0 Å². The third-order valence-electron chi connectivity index (χ3n) is 2.71. The molecule has 19 heavy (non-hydrogen) atoms. The number of aromatic amines is 1. The van der Waals surface area contributed by atoms with Crippen molar-refractivity contribution >= 4 is 10.0 Å². The Balaban J connectivity index is 2.22. The number of nitrogens with zero attached hydrogens (tertiary/aromatic N) is 1. The molecule has 7 heteroatoms. The zero-order valence-corrected chi connectivity index (χ0v) is 11.3. The number of benzene rings is 1. The van der Waals surface area contributed by atoms with Gasteiger partial charge in [0, 0.05) is 18.9 Å². The zero-order valence-electron chi connectivity index (χ0n) is 10.5. The molecule has 0 aliphatic heterocycles. The first-order chi connectivity index (χ1) is 9.03. The number of hydrogen-bond acceptors (Lipinski definition) is 4. The Labute approximate surface area is 112 Å². The van der Waals surface area contributed by atoms with Crippen molar-refractivity contribution in [1.82, 2.24) is 14.7 Å². The third kappa shape index (κ3) is 3.19. The fraction of sp³-hybridized carbons (Fsp3) is 0.250. The summed E-state index contributed by atoms with van der Waals surface area (Å²) in [6.07, 6.45) is 3.23. The van der Waals surface area contributed by atoms with E-state index in [9.17, 15) is 8.42 Å². The van der Waals surface area contributed by atoms with Crippen LogP contribution in [0.1, 0.15) is 24.4 Å². The topological polar surface area (TPSA) is 101 Å². The molecule has 1 aromatic carbocycles. The van der Waals surface area contributed by atoms with E-state index in [1.807, 2.05) is 0 Å². The van der Waals surface area contributed by atoms with Crippen molar-refractivity contribution in [2.45, 2.75) is 24.4 Å². The number of nitrogens with two attached hydrogens (primary N) is 1. The van der Waals surface area contributed by atoms with Gasteiger partial charge >= 0.3 is 0 Å². The van der Waals surface area contributed by atoms with E-state index < -0.39 is 16.1 Å².